The van der Waals surface area contributed by atoms with Crippen LogP contribution in [0.25, 0.3) is 33.0 Å². The van der Waals surface area contributed by atoms with Crippen LogP contribution in [0.5, 0.6) is 11.5 Å². The largest absolute Gasteiger partial charge is 2.00 e. The van der Waals surface area contributed by atoms with Crippen LogP contribution in [0.2, 0.25) is 0 Å². The molecule has 6 aromatic rings. The van der Waals surface area contributed by atoms with Crippen molar-refractivity contribution in [1.82, 2.24) is 0 Å². The van der Waals surface area contributed by atoms with E-state index >= 15 is 0 Å². The van der Waals surface area contributed by atoms with Crippen LogP contribution in [0.3, 0.4) is 0 Å². The van der Waals surface area contributed by atoms with E-state index in [1.54, 1.807) is 12.1 Å². The summed E-state index contributed by atoms with van der Waals surface area (Å²) in [6, 6.07) is 21.7. The number of benzene rings is 6. The van der Waals surface area contributed by atoms with Gasteiger partial charge in [0.1, 0.15) is 22.9 Å². The van der Waals surface area contributed by atoms with Crippen molar-refractivity contribution in [2.45, 2.75) is 9.79 Å². The van der Waals surface area contributed by atoms with Crippen LogP contribution in [0.4, 0.5) is 45.5 Å². The molecular weight excluding hydrogens is 803 g/mol. The van der Waals surface area contributed by atoms with Gasteiger partial charge in [0.25, 0.3) is 11.4 Å². The summed E-state index contributed by atoms with van der Waals surface area (Å²) in [4.78, 5) is 20.4. The summed E-state index contributed by atoms with van der Waals surface area (Å²) in [5.74, 6) is -0.835. The smallest absolute Gasteiger partial charge is 0.697 e. The van der Waals surface area contributed by atoms with E-state index in [1.165, 1.54) is 72.8 Å². The van der Waals surface area contributed by atoms with Gasteiger partial charge in [-0.05, 0) is 47.2 Å². The monoisotopic (exact) mass is 829 g/mol. The molecule has 0 saturated carbocycles. The van der Waals surface area contributed by atoms with E-state index in [2.05, 4.69) is 20.5 Å². The molecule has 4 N–H and O–H groups in total. The zero-order valence-corrected chi connectivity index (χ0v) is 30.9. The van der Waals surface area contributed by atoms with Gasteiger partial charge >= 0.3 is 16.8 Å². The van der Waals surface area contributed by atoms with Crippen molar-refractivity contribution in [2.24, 2.45) is 20.5 Å². The van der Waals surface area contributed by atoms with Crippen LogP contribution in [0.1, 0.15) is 0 Å². The zero-order valence-electron chi connectivity index (χ0n) is 28.2. The summed E-state index contributed by atoms with van der Waals surface area (Å²) in [6.07, 6.45) is 2.20. The first-order valence-electron chi connectivity index (χ1n) is 15.1. The minimum atomic E-state index is -3.38. The Morgan fingerprint density at radius 3 is 1.22 bits per heavy atom. The Hall–Kier alpha value is -6.55. The average Bonchev–Trinajstić information content (AvgIpc) is 3.10. The Labute approximate surface area is 322 Å². The molecule has 0 heterocycles. The third-order valence-corrected chi connectivity index (χ3v) is 9.86. The average molecular weight is 830 g/mol. The third-order valence-electron chi connectivity index (χ3n) is 7.64. The van der Waals surface area contributed by atoms with Gasteiger partial charge in [0, 0.05) is 35.4 Å². The molecule has 21 heteroatoms. The number of phenols is 2. The number of sulfone groups is 2. The third kappa shape index (κ3) is 9.52. The molecule has 6 aromatic carbocycles. The van der Waals surface area contributed by atoms with Crippen molar-refractivity contribution < 1.29 is 53.7 Å². The van der Waals surface area contributed by atoms with E-state index in [1.807, 2.05) is 0 Å². The number of hydrogen-bond acceptors (Lipinski definition) is 14. The number of aromatic hydroxyl groups is 2. The van der Waals surface area contributed by atoms with Crippen LogP contribution >= 0.6 is 0 Å². The minimum absolute atomic E-state index is 0. The number of nitrogens with zero attached hydrogens (tertiary/aromatic N) is 6. The fraction of sp³-hybridized carbons (Fsp3) is 0.0588. The molecule has 0 aliphatic carbocycles. The van der Waals surface area contributed by atoms with Gasteiger partial charge in [-0.25, -0.2) is 16.8 Å². The maximum Gasteiger partial charge on any atom is 2.00 e. The van der Waals surface area contributed by atoms with Gasteiger partial charge in [-0.1, -0.05) is 36.4 Å². The molecule has 0 fully saturated rings. The first-order chi connectivity index (χ1) is 25.3. The van der Waals surface area contributed by atoms with E-state index < -0.39 is 41.0 Å². The maximum absolute atomic E-state index is 11.7. The summed E-state index contributed by atoms with van der Waals surface area (Å²) in [5.41, 5.74) is 15.9. The number of nitro groups is 2. The number of hydrogen-bond donors (Lipinski definition) is 2. The Kier molecular flexibility index (Phi) is 12.1. The predicted octanol–water partition coefficient (Wildman–Crippen LogP) is 9.91. The van der Waals surface area contributed by atoms with Crippen molar-refractivity contribution in [3.05, 3.63) is 129 Å². The summed E-state index contributed by atoms with van der Waals surface area (Å²) in [7, 11) is -6.76. The van der Waals surface area contributed by atoms with Gasteiger partial charge in [0.15, 0.2) is 19.7 Å². The molecule has 0 atom stereocenters. The molecule has 18 nitrogen and oxygen atoms in total. The normalized spacial score (nSPS) is 11.7. The van der Waals surface area contributed by atoms with Gasteiger partial charge in [-0.15, -0.1) is 21.6 Å². The molecule has 0 spiro atoms. The van der Waals surface area contributed by atoms with Crippen molar-refractivity contribution >= 4 is 86.7 Å². The van der Waals surface area contributed by atoms with E-state index in [9.17, 15) is 47.3 Å². The molecule has 0 bridgehead atoms. The zero-order chi connectivity index (χ0) is 39.5. The van der Waals surface area contributed by atoms with Crippen LogP contribution in [-0.2, 0) is 36.5 Å². The van der Waals surface area contributed by atoms with Crippen LogP contribution in [0.15, 0.2) is 127 Å². The Morgan fingerprint density at radius 2 is 0.909 bits per heavy atom. The molecule has 0 aliphatic rings. The number of rotatable bonds is 8. The van der Waals surface area contributed by atoms with E-state index in [0.29, 0.717) is 21.5 Å². The van der Waals surface area contributed by atoms with Crippen molar-refractivity contribution in [2.75, 3.05) is 12.5 Å². The predicted molar refractivity (Wildman–Crippen MR) is 200 cm³/mol. The molecule has 0 saturated heterocycles. The quantitative estimate of drug-likeness (QED) is 0.0830. The first kappa shape index (κ1) is 41.2. The second-order valence-electron chi connectivity index (χ2n) is 11.5. The summed E-state index contributed by atoms with van der Waals surface area (Å²) >= 11 is 0. The Morgan fingerprint density at radius 1 is 0.545 bits per heavy atom. The standard InChI is InChI=1S/2C17H13N4O5S.Co/c2*1-27(25,26)12-4-5-13-10(8-12)2-6-14(18)17(13)20-19-15-7-3-11(21(23)24)9-16(15)22;/h2*2-9H,1H3,(H2-,18,19,20,22);/q2*-1;+2. The van der Waals surface area contributed by atoms with Crippen LogP contribution < -0.4 is 0 Å². The Bertz CT molecular complexity index is 2610. The molecule has 0 amide bonds. The van der Waals surface area contributed by atoms with Crippen LogP contribution in [-0.4, -0.2) is 49.4 Å². The molecule has 0 aliphatic heterocycles. The van der Waals surface area contributed by atoms with Crippen molar-refractivity contribution in [1.29, 1.82) is 0 Å². The van der Waals surface area contributed by atoms with Crippen LogP contribution in [0, 0.1) is 20.2 Å². The molecular formula is C34H26CoN8O10S2. The van der Waals surface area contributed by atoms with Crippen molar-refractivity contribution in [3.8, 4) is 11.5 Å². The molecule has 55 heavy (non-hydrogen) atoms. The summed E-state index contributed by atoms with van der Waals surface area (Å²) < 4.78 is 46.8. The van der Waals surface area contributed by atoms with E-state index in [0.717, 1.165) is 24.6 Å². The molecule has 283 valence electrons. The van der Waals surface area contributed by atoms with E-state index in [-0.39, 0.29) is 72.1 Å². The fourth-order valence-corrected chi connectivity index (χ4v) is 6.20. The fourth-order valence-electron chi connectivity index (χ4n) is 4.89. The number of nitro benzene ring substituents is 2. The number of phenolic OH excluding ortho intramolecular Hbond substituents is 2. The molecule has 1 radical (unpaired) electrons. The first-order valence-corrected chi connectivity index (χ1v) is 18.9. The van der Waals surface area contributed by atoms with Gasteiger partial charge in [-0.3, -0.25) is 20.2 Å². The van der Waals surface area contributed by atoms with E-state index in [4.69, 9.17) is 11.5 Å². The molecule has 0 unspecified atom stereocenters. The summed E-state index contributed by atoms with van der Waals surface area (Å²) in [5, 5.41) is 59.0. The van der Waals surface area contributed by atoms with Crippen molar-refractivity contribution in [3.63, 3.8) is 0 Å². The topological polar surface area (TPSA) is 292 Å². The van der Waals surface area contributed by atoms with Gasteiger partial charge in [0.05, 0.1) is 43.1 Å². The second-order valence-corrected chi connectivity index (χ2v) is 15.5. The van der Waals surface area contributed by atoms with Gasteiger partial charge in [0.2, 0.25) is 0 Å². The maximum atomic E-state index is 11.7. The second kappa shape index (κ2) is 16.2. The molecule has 0 aromatic heterocycles. The SMILES string of the molecule is CS(=O)(=O)c1ccc2c(N=Nc3ccc([N+](=O)[O-])cc3O)c([NH-])ccc2c1.CS(=O)(=O)c1ccc2c(N=Nc3ccc([N+](=O)[O-])cc3O)c([NH-])ccc2c1.[Co+2]. The minimum Gasteiger partial charge on any atom is -0.697 e. The Balaban J connectivity index is 0.000000240. The number of azo groups is 2. The number of nitrogens with one attached hydrogen (secondary N) is 2. The molecule has 6 rings (SSSR count). The summed E-state index contributed by atoms with van der Waals surface area (Å²) in [6.45, 7) is 0. The van der Waals surface area contributed by atoms with Gasteiger partial charge in [-0.2, -0.15) is 10.2 Å². The van der Waals surface area contributed by atoms with Gasteiger partial charge < -0.3 is 21.7 Å². The number of fused-ring (bicyclic) bond motifs is 2. The number of non-ortho nitro benzene ring substituents is 2.